The van der Waals surface area contributed by atoms with Gasteiger partial charge in [0.1, 0.15) is 5.75 Å². The summed E-state index contributed by atoms with van der Waals surface area (Å²) < 4.78 is 6.47. The molecule has 1 rings (SSSR count). The quantitative estimate of drug-likeness (QED) is 0.800. The summed E-state index contributed by atoms with van der Waals surface area (Å²) in [6.07, 6.45) is -0.365. The van der Waals surface area contributed by atoms with Gasteiger partial charge in [-0.3, -0.25) is 4.79 Å². The van der Waals surface area contributed by atoms with Crippen molar-refractivity contribution in [3.8, 4) is 5.75 Å². The average molecular weight is 290 g/mol. The number of ketones is 1. The molecule has 0 aromatic heterocycles. The maximum Gasteiger partial charge on any atom is 0.169 e. The molecule has 2 nitrogen and oxygen atoms in total. The zero-order chi connectivity index (χ0) is 9.84. The van der Waals surface area contributed by atoms with Gasteiger partial charge in [-0.2, -0.15) is 0 Å². The highest BCUT2D eigenvalue weighted by Crippen LogP contribution is 2.20. The topological polar surface area (TPSA) is 26.3 Å². The second kappa shape index (κ2) is 4.60. The molecule has 0 amide bonds. The molecule has 0 aliphatic rings. The van der Waals surface area contributed by atoms with Gasteiger partial charge in [0.05, 0.1) is 3.57 Å². The smallest absolute Gasteiger partial charge is 0.169 e. The molecule has 0 radical (unpaired) electrons. The van der Waals surface area contributed by atoms with Gasteiger partial charge < -0.3 is 4.74 Å². The van der Waals surface area contributed by atoms with Gasteiger partial charge in [0.25, 0.3) is 0 Å². The minimum atomic E-state index is -0.365. The van der Waals surface area contributed by atoms with E-state index in [1.165, 1.54) is 6.92 Å². The summed E-state index contributed by atoms with van der Waals surface area (Å²) in [5.41, 5.74) is 0. The van der Waals surface area contributed by atoms with Gasteiger partial charge >= 0.3 is 0 Å². The number of carbonyl (C=O) groups excluding carboxylic acids is 1. The number of para-hydroxylation sites is 1. The molecule has 1 aromatic carbocycles. The monoisotopic (exact) mass is 290 g/mol. The largest absolute Gasteiger partial charge is 0.482 e. The fraction of sp³-hybridized carbons (Fsp3) is 0.300. The lowest BCUT2D eigenvalue weighted by molar-refractivity contribution is -0.122. The molecular formula is C10H11IO2. The number of hydrogen-bond acceptors (Lipinski definition) is 2. The van der Waals surface area contributed by atoms with Crippen LogP contribution in [0.3, 0.4) is 0 Å². The fourth-order valence-electron chi connectivity index (χ4n) is 0.814. The molecule has 0 saturated heterocycles. The Kier molecular flexibility index (Phi) is 3.71. The predicted octanol–water partition coefficient (Wildman–Crippen LogP) is 2.65. The van der Waals surface area contributed by atoms with E-state index < -0.39 is 0 Å². The second-order valence-electron chi connectivity index (χ2n) is 2.80. The minimum Gasteiger partial charge on any atom is -0.482 e. The number of halogens is 1. The highest BCUT2D eigenvalue weighted by atomic mass is 127. The van der Waals surface area contributed by atoms with E-state index in [9.17, 15) is 4.79 Å². The van der Waals surface area contributed by atoms with E-state index in [4.69, 9.17) is 4.74 Å². The lowest BCUT2D eigenvalue weighted by Crippen LogP contribution is -2.20. The van der Waals surface area contributed by atoms with Crippen molar-refractivity contribution >= 4 is 28.4 Å². The summed E-state index contributed by atoms with van der Waals surface area (Å²) in [4.78, 5) is 10.9. The Morgan fingerprint density at radius 1 is 1.46 bits per heavy atom. The molecule has 0 heterocycles. The van der Waals surface area contributed by atoms with E-state index in [2.05, 4.69) is 22.6 Å². The summed E-state index contributed by atoms with van der Waals surface area (Å²) >= 11 is 2.18. The van der Waals surface area contributed by atoms with E-state index in [1.807, 2.05) is 24.3 Å². The normalized spacial score (nSPS) is 12.2. The number of benzene rings is 1. The third kappa shape index (κ3) is 2.99. The number of carbonyl (C=O) groups is 1. The van der Waals surface area contributed by atoms with Crippen LogP contribution in [0.15, 0.2) is 24.3 Å². The average Bonchev–Trinajstić information content (AvgIpc) is 2.08. The van der Waals surface area contributed by atoms with E-state index in [0.29, 0.717) is 0 Å². The molecule has 3 heteroatoms. The summed E-state index contributed by atoms with van der Waals surface area (Å²) in [6.45, 7) is 3.28. The third-order valence-electron chi connectivity index (χ3n) is 1.71. The highest BCUT2D eigenvalue weighted by Gasteiger charge is 2.10. The highest BCUT2D eigenvalue weighted by molar-refractivity contribution is 14.1. The van der Waals surface area contributed by atoms with E-state index in [-0.39, 0.29) is 11.9 Å². The van der Waals surface area contributed by atoms with Crippen molar-refractivity contribution in [2.75, 3.05) is 0 Å². The first-order valence-electron chi connectivity index (χ1n) is 4.03. The first-order valence-corrected chi connectivity index (χ1v) is 5.11. The molecule has 0 aliphatic carbocycles. The van der Waals surface area contributed by atoms with Crippen molar-refractivity contribution in [2.45, 2.75) is 20.0 Å². The van der Waals surface area contributed by atoms with Crippen LogP contribution < -0.4 is 4.74 Å². The molecule has 0 spiro atoms. The molecule has 0 aliphatic heterocycles. The maximum atomic E-state index is 10.9. The zero-order valence-electron chi connectivity index (χ0n) is 7.58. The molecule has 0 N–H and O–H groups in total. The number of hydrogen-bond donors (Lipinski definition) is 0. The molecule has 0 saturated carbocycles. The van der Waals surface area contributed by atoms with Crippen molar-refractivity contribution in [3.05, 3.63) is 27.8 Å². The second-order valence-corrected chi connectivity index (χ2v) is 3.96. The van der Waals surface area contributed by atoms with Crippen LogP contribution in [0.2, 0.25) is 0 Å². The first-order chi connectivity index (χ1) is 6.11. The summed E-state index contributed by atoms with van der Waals surface area (Å²) in [6, 6.07) is 7.64. The Bertz CT molecular complexity index is 310. The van der Waals surface area contributed by atoms with Gasteiger partial charge in [-0.05, 0) is 48.6 Å². The molecular weight excluding hydrogens is 279 g/mol. The van der Waals surface area contributed by atoms with Crippen LogP contribution in [0.4, 0.5) is 0 Å². The van der Waals surface area contributed by atoms with Crippen LogP contribution in [0.25, 0.3) is 0 Å². The summed E-state index contributed by atoms with van der Waals surface area (Å²) in [5, 5.41) is 0. The van der Waals surface area contributed by atoms with Crippen LogP contribution in [0.5, 0.6) is 5.75 Å². The molecule has 0 unspecified atom stereocenters. The maximum absolute atomic E-state index is 10.9. The van der Waals surface area contributed by atoms with Crippen LogP contribution in [0.1, 0.15) is 13.8 Å². The van der Waals surface area contributed by atoms with Crippen molar-refractivity contribution in [1.82, 2.24) is 0 Å². The molecule has 0 bridgehead atoms. The Morgan fingerprint density at radius 3 is 2.62 bits per heavy atom. The van der Waals surface area contributed by atoms with E-state index >= 15 is 0 Å². The van der Waals surface area contributed by atoms with Crippen molar-refractivity contribution in [3.63, 3.8) is 0 Å². The Balaban J connectivity index is 2.74. The van der Waals surface area contributed by atoms with Crippen LogP contribution in [-0.2, 0) is 4.79 Å². The molecule has 1 atom stereocenters. The van der Waals surface area contributed by atoms with Crippen LogP contribution in [-0.4, -0.2) is 11.9 Å². The zero-order valence-corrected chi connectivity index (χ0v) is 9.74. The van der Waals surface area contributed by atoms with E-state index in [0.717, 1.165) is 9.32 Å². The Morgan fingerprint density at radius 2 is 2.08 bits per heavy atom. The first kappa shape index (κ1) is 10.5. The van der Waals surface area contributed by atoms with Gasteiger partial charge in [0.2, 0.25) is 0 Å². The number of rotatable bonds is 3. The summed E-state index contributed by atoms with van der Waals surface area (Å²) in [5.74, 6) is 0.811. The van der Waals surface area contributed by atoms with Gasteiger partial charge in [-0.1, -0.05) is 12.1 Å². The predicted molar refractivity (Wildman–Crippen MR) is 59.9 cm³/mol. The molecule has 1 aromatic rings. The minimum absolute atomic E-state index is 0.0413. The van der Waals surface area contributed by atoms with Gasteiger partial charge in [-0.15, -0.1) is 0 Å². The Hall–Kier alpha value is -0.580. The van der Waals surface area contributed by atoms with Crippen molar-refractivity contribution < 1.29 is 9.53 Å². The summed E-state index contributed by atoms with van der Waals surface area (Å²) in [7, 11) is 0. The van der Waals surface area contributed by atoms with Crippen molar-refractivity contribution in [1.29, 1.82) is 0 Å². The third-order valence-corrected chi connectivity index (χ3v) is 2.60. The molecule has 70 valence electrons. The molecule has 13 heavy (non-hydrogen) atoms. The van der Waals surface area contributed by atoms with Crippen molar-refractivity contribution in [2.24, 2.45) is 0 Å². The van der Waals surface area contributed by atoms with Gasteiger partial charge in [-0.25, -0.2) is 0 Å². The fourth-order valence-corrected chi connectivity index (χ4v) is 1.33. The van der Waals surface area contributed by atoms with Crippen LogP contribution >= 0.6 is 22.6 Å². The van der Waals surface area contributed by atoms with Crippen LogP contribution in [0, 0.1) is 3.57 Å². The molecule has 0 fully saturated rings. The lowest BCUT2D eigenvalue weighted by atomic mass is 10.3. The number of ether oxygens (including phenoxy) is 1. The lowest BCUT2D eigenvalue weighted by Gasteiger charge is -2.12. The Labute approximate surface area is 91.4 Å². The van der Waals surface area contributed by atoms with Gasteiger partial charge in [0.15, 0.2) is 11.9 Å². The SMILES string of the molecule is CC(=O)[C@@H](C)Oc1ccccc1I. The standard InChI is InChI=1S/C10H11IO2/c1-7(12)8(2)13-10-6-4-3-5-9(10)11/h3-6,8H,1-2H3/t8-/m1/s1. The number of Topliss-reactive ketones (excluding diaryl/α,β-unsaturated/α-hetero) is 1. The van der Waals surface area contributed by atoms with E-state index in [1.54, 1.807) is 6.92 Å². The van der Waals surface area contributed by atoms with Gasteiger partial charge in [0, 0.05) is 0 Å².